The standard InChI is InChI=1S/C30H33N5O5/c1-18-17-22(24-5-3-4-6-25(24)31-18)13-16-40-23-9-7-21(8-10-23)28(37)32-26(27-29(38)34-30(39)33-27)20-11-14-35(15-12-20)19(2)36/h3-10,17,20,26-27H,11-16H2,1-2H3,(H,32,37)(H2,33,34,38,39). The average molecular weight is 544 g/mol. The van der Waals surface area contributed by atoms with E-state index in [1.54, 1.807) is 29.2 Å². The maximum Gasteiger partial charge on any atom is 0.322 e. The molecule has 5 rings (SSSR count). The summed E-state index contributed by atoms with van der Waals surface area (Å²) in [7, 11) is 0. The number of aromatic nitrogens is 1. The number of pyridine rings is 1. The van der Waals surface area contributed by atoms with Crippen molar-refractivity contribution in [3.8, 4) is 5.75 Å². The molecule has 40 heavy (non-hydrogen) atoms. The Morgan fingerprint density at radius 2 is 1.82 bits per heavy atom. The number of carbonyl (C=O) groups excluding carboxylic acids is 4. The fourth-order valence-corrected chi connectivity index (χ4v) is 5.55. The summed E-state index contributed by atoms with van der Waals surface area (Å²) < 4.78 is 5.96. The zero-order chi connectivity index (χ0) is 28.2. The smallest absolute Gasteiger partial charge is 0.322 e. The van der Waals surface area contributed by atoms with Crippen molar-refractivity contribution in [1.82, 2.24) is 25.8 Å². The molecule has 1 aromatic heterocycles. The van der Waals surface area contributed by atoms with Crippen LogP contribution in [0.5, 0.6) is 5.75 Å². The quantitative estimate of drug-likeness (QED) is 0.375. The highest BCUT2D eigenvalue weighted by atomic mass is 16.5. The Morgan fingerprint density at radius 3 is 2.50 bits per heavy atom. The van der Waals surface area contributed by atoms with Crippen LogP contribution in [-0.4, -0.2) is 65.4 Å². The summed E-state index contributed by atoms with van der Waals surface area (Å²) in [6.07, 6.45) is 1.94. The lowest BCUT2D eigenvalue weighted by molar-refractivity contribution is -0.130. The van der Waals surface area contributed by atoms with Gasteiger partial charge in [-0.05, 0) is 67.6 Å². The number of likely N-dealkylation sites (tertiary alicyclic amines) is 1. The molecule has 10 nitrogen and oxygen atoms in total. The monoisotopic (exact) mass is 543 g/mol. The largest absolute Gasteiger partial charge is 0.493 e. The number of hydrogen-bond donors (Lipinski definition) is 3. The fraction of sp³-hybridized carbons (Fsp3) is 0.367. The number of ether oxygens (including phenoxy) is 1. The van der Waals surface area contributed by atoms with E-state index in [-0.39, 0.29) is 17.7 Å². The van der Waals surface area contributed by atoms with E-state index in [1.807, 2.05) is 25.1 Å². The van der Waals surface area contributed by atoms with Gasteiger partial charge in [0.25, 0.3) is 11.8 Å². The van der Waals surface area contributed by atoms with Crippen molar-refractivity contribution in [1.29, 1.82) is 0 Å². The van der Waals surface area contributed by atoms with Crippen LogP contribution in [0.1, 0.15) is 41.4 Å². The van der Waals surface area contributed by atoms with Gasteiger partial charge >= 0.3 is 6.03 Å². The van der Waals surface area contributed by atoms with E-state index in [9.17, 15) is 19.2 Å². The van der Waals surface area contributed by atoms with Crippen molar-refractivity contribution >= 4 is 34.7 Å². The number of fused-ring (bicyclic) bond motifs is 1. The molecule has 2 atom stereocenters. The fourth-order valence-electron chi connectivity index (χ4n) is 5.55. The number of amides is 5. The predicted octanol–water partition coefficient (Wildman–Crippen LogP) is 2.73. The highest BCUT2D eigenvalue weighted by molar-refractivity contribution is 6.05. The van der Waals surface area contributed by atoms with Crippen molar-refractivity contribution in [2.24, 2.45) is 5.92 Å². The van der Waals surface area contributed by atoms with Crippen LogP contribution < -0.4 is 20.7 Å². The second-order valence-corrected chi connectivity index (χ2v) is 10.3. The number of piperidine rings is 1. The number of carbonyl (C=O) groups is 4. The van der Waals surface area contributed by atoms with E-state index in [0.29, 0.717) is 50.3 Å². The number of nitrogens with one attached hydrogen (secondary N) is 3. The van der Waals surface area contributed by atoms with Gasteiger partial charge in [0.2, 0.25) is 5.91 Å². The number of benzene rings is 2. The first kappa shape index (κ1) is 27.1. The molecule has 0 radical (unpaired) electrons. The molecular weight excluding hydrogens is 510 g/mol. The van der Waals surface area contributed by atoms with Crippen LogP contribution in [0.3, 0.4) is 0 Å². The van der Waals surface area contributed by atoms with E-state index in [2.05, 4.69) is 33.1 Å². The SMILES string of the molecule is CC(=O)N1CCC(C(NC(=O)c2ccc(OCCc3cc(C)nc4ccccc34)cc2)C2NC(=O)NC2=O)CC1. The Kier molecular flexibility index (Phi) is 7.95. The van der Waals surface area contributed by atoms with Gasteiger partial charge < -0.3 is 20.3 Å². The summed E-state index contributed by atoms with van der Waals surface area (Å²) in [5.41, 5.74) is 3.51. The summed E-state index contributed by atoms with van der Waals surface area (Å²) >= 11 is 0. The third-order valence-corrected chi connectivity index (χ3v) is 7.64. The van der Waals surface area contributed by atoms with Crippen LogP contribution in [0.2, 0.25) is 0 Å². The summed E-state index contributed by atoms with van der Waals surface area (Å²) in [6.45, 7) is 5.05. The molecule has 0 aliphatic carbocycles. The molecule has 2 aliphatic rings. The maximum atomic E-state index is 13.2. The van der Waals surface area contributed by atoms with E-state index in [1.165, 1.54) is 12.5 Å². The Balaban J connectivity index is 1.22. The van der Waals surface area contributed by atoms with Crippen molar-refractivity contribution in [3.63, 3.8) is 0 Å². The number of hydrogen-bond acceptors (Lipinski definition) is 6. The number of aryl methyl sites for hydroxylation is 1. The normalized spacial score (nSPS) is 18.2. The summed E-state index contributed by atoms with van der Waals surface area (Å²) in [6, 6.07) is 14.9. The Hall–Kier alpha value is -4.47. The van der Waals surface area contributed by atoms with Crippen LogP contribution in [0.15, 0.2) is 54.6 Å². The first-order chi connectivity index (χ1) is 19.3. The number of urea groups is 1. The molecule has 0 bridgehead atoms. The molecule has 3 aromatic rings. The average Bonchev–Trinajstić information content (AvgIpc) is 3.29. The lowest BCUT2D eigenvalue weighted by Crippen LogP contribution is -2.56. The van der Waals surface area contributed by atoms with Gasteiger partial charge in [0.15, 0.2) is 0 Å². The first-order valence-electron chi connectivity index (χ1n) is 13.5. The van der Waals surface area contributed by atoms with Crippen LogP contribution in [0.25, 0.3) is 10.9 Å². The van der Waals surface area contributed by atoms with E-state index in [0.717, 1.165) is 16.6 Å². The van der Waals surface area contributed by atoms with Crippen LogP contribution in [0.4, 0.5) is 4.79 Å². The Labute approximate surface area is 232 Å². The molecule has 3 heterocycles. The minimum Gasteiger partial charge on any atom is -0.493 e. The lowest BCUT2D eigenvalue weighted by Gasteiger charge is -2.37. The lowest BCUT2D eigenvalue weighted by atomic mass is 9.85. The Bertz CT molecular complexity index is 1430. The molecule has 5 amide bonds. The summed E-state index contributed by atoms with van der Waals surface area (Å²) in [4.78, 5) is 55.6. The second-order valence-electron chi connectivity index (χ2n) is 10.3. The van der Waals surface area contributed by atoms with Gasteiger partial charge in [-0.15, -0.1) is 0 Å². The van der Waals surface area contributed by atoms with Gasteiger partial charge in [-0.25, -0.2) is 4.79 Å². The van der Waals surface area contributed by atoms with Gasteiger partial charge in [0.05, 0.1) is 18.2 Å². The van der Waals surface area contributed by atoms with Crippen LogP contribution in [-0.2, 0) is 16.0 Å². The van der Waals surface area contributed by atoms with Gasteiger partial charge in [-0.2, -0.15) is 0 Å². The molecule has 0 saturated carbocycles. The molecule has 2 saturated heterocycles. The highest BCUT2D eigenvalue weighted by Gasteiger charge is 2.42. The minimum atomic E-state index is -0.874. The molecule has 208 valence electrons. The topological polar surface area (TPSA) is 130 Å². The predicted molar refractivity (Wildman–Crippen MR) is 149 cm³/mol. The number of nitrogens with zero attached hydrogens (tertiary/aromatic N) is 2. The van der Waals surface area contributed by atoms with E-state index >= 15 is 0 Å². The van der Waals surface area contributed by atoms with Crippen LogP contribution in [0, 0.1) is 12.8 Å². The van der Waals surface area contributed by atoms with Crippen molar-refractivity contribution in [2.75, 3.05) is 19.7 Å². The molecule has 10 heteroatoms. The van der Waals surface area contributed by atoms with Gasteiger partial charge in [0, 0.05) is 43.1 Å². The van der Waals surface area contributed by atoms with Crippen molar-refractivity contribution in [2.45, 2.75) is 45.2 Å². The Morgan fingerprint density at radius 1 is 1.10 bits per heavy atom. The third-order valence-electron chi connectivity index (χ3n) is 7.64. The molecular formula is C30H33N5O5. The highest BCUT2D eigenvalue weighted by Crippen LogP contribution is 2.25. The molecule has 3 N–H and O–H groups in total. The van der Waals surface area contributed by atoms with Crippen molar-refractivity contribution < 1.29 is 23.9 Å². The zero-order valence-corrected chi connectivity index (χ0v) is 22.6. The van der Waals surface area contributed by atoms with Crippen molar-refractivity contribution in [3.05, 3.63) is 71.4 Å². The van der Waals surface area contributed by atoms with Crippen LogP contribution >= 0.6 is 0 Å². The van der Waals surface area contributed by atoms with Gasteiger partial charge in [-0.3, -0.25) is 24.7 Å². The van der Waals surface area contributed by atoms with E-state index in [4.69, 9.17) is 4.74 Å². The molecule has 2 aliphatic heterocycles. The summed E-state index contributed by atoms with van der Waals surface area (Å²) in [5, 5.41) is 8.98. The number of rotatable bonds is 8. The molecule has 2 aromatic carbocycles. The van der Waals surface area contributed by atoms with E-state index < -0.39 is 24.0 Å². The number of para-hydroxylation sites is 1. The molecule has 2 fully saturated rings. The molecule has 0 spiro atoms. The second kappa shape index (κ2) is 11.7. The summed E-state index contributed by atoms with van der Waals surface area (Å²) in [5.74, 6) is -0.257. The van der Waals surface area contributed by atoms with Gasteiger partial charge in [-0.1, -0.05) is 18.2 Å². The molecule has 2 unspecified atom stereocenters. The minimum absolute atomic E-state index is 0.00232. The zero-order valence-electron chi connectivity index (χ0n) is 22.6. The number of imide groups is 1. The van der Waals surface area contributed by atoms with Gasteiger partial charge in [0.1, 0.15) is 11.8 Å². The maximum absolute atomic E-state index is 13.2. The first-order valence-corrected chi connectivity index (χ1v) is 13.5. The third kappa shape index (κ3) is 6.06.